The number of hydrogen-bond donors (Lipinski definition) is 2. The third-order valence-electron chi connectivity index (χ3n) is 3.33. The maximum Gasteiger partial charge on any atom is 0.254 e. The summed E-state index contributed by atoms with van der Waals surface area (Å²) in [5, 5.41) is 5.85. The maximum atomic E-state index is 12.1. The Kier molecular flexibility index (Phi) is 4.16. The molecule has 1 unspecified atom stereocenters. The fourth-order valence-corrected chi connectivity index (χ4v) is 2.04. The van der Waals surface area contributed by atoms with E-state index < -0.39 is 0 Å². The molecular formula is C14H19N3O2. The summed E-state index contributed by atoms with van der Waals surface area (Å²) in [4.78, 5) is 25.4. The highest BCUT2D eigenvalue weighted by atomic mass is 16.2. The van der Waals surface area contributed by atoms with Gasteiger partial charge in [0.25, 0.3) is 5.91 Å². The number of likely N-dealkylation sites (N-methyl/N-ethyl adjacent to an activating group) is 1. The standard InChI is InChI=1S/C14H19N3O2/c1-10(15-2)7-16-13(18)9-17-8-11-5-3-4-6-12(11)14(17)19/h3-6,10,15H,7-9H2,1-2H3,(H,16,18). The second kappa shape index (κ2) is 5.84. The van der Waals surface area contributed by atoms with Crippen LogP contribution < -0.4 is 10.6 Å². The van der Waals surface area contributed by atoms with Gasteiger partial charge in [-0.2, -0.15) is 0 Å². The van der Waals surface area contributed by atoms with Crippen LogP contribution in [0.2, 0.25) is 0 Å². The van der Waals surface area contributed by atoms with Crippen LogP contribution in [0.1, 0.15) is 22.8 Å². The number of carbonyl (C=O) groups is 2. The molecule has 1 atom stereocenters. The van der Waals surface area contributed by atoms with Crippen LogP contribution in [0.25, 0.3) is 0 Å². The minimum absolute atomic E-state index is 0.0626. The number of nitrogens with zero attached hydrogens (tertiary/aromatic N) is 1. The van der Waals surface area contributed by atoms with Crippen molar-refractivity contribution in [3.63, 3.8) is 0 Å². The Morgan fingerprint density at radius 3 is 2.84 bits per heavy atom. The summed E-state index contributed by atoms with van der Waals surface area (Å²) in [6.45, 7) is 3.18. The number of carbonyl (C=O) groups excluding carboxylic acids is 2. The number of rotatable bonds is 5. The first-order valence-electron chi connectivity index (χ1n) is 6.43. The van der Waals surface area contributed by atoms with Crippen LogP contribution in [0.15, 0.2) is 24.3 Å². The van der Waals surface area contributed by atoms with E-state index in [4.69, 9.17) is 0 Å². The highest BCUT2D eigenvalue weighted by Gasteiger charge is 2.27. The summed E-state index contributed by atoms with van der Waals surface area (Å²) in [5.74, 6) is -0.185. The lowest BCUT2D eigenvalue weighted by molar-refractivity contribution is -0.121. The molecular weight excluding hydrogens is 242 g/mol. The SMILES string of the molecule is CNC(C)CNC(=O)CN1Cc2ccccc2C1=O. The zero-order valence-corrected chi connectivity index (χ0v) is 11.3. The van der Waals surface area contributed by atoms with Gasteiger partial charge in [-0.3, -0.25) is 9.59 Å². The van der Waals surface area contributed by atoms with Crippen molar-refractivity contribution in [2.45, 2.75) is 19.5 Å². The van der Waals surface area contributed by atoms with Gasteiger partial charge in [0.15, 0.2) is 0 Å². The van der Waals surface area contributed by atoms with E-state index in [-0.39, 0.29) is 24.4 Å². The molecule has 1 aliphatic rings. The van der Waals surface area contributed by atoms with Gasteiger partial charge in [-0.25, -0.2) is 0 Å². The van der Waals surface area contributed by atoms with E-state index in [1.165, 1.54) is 0 Å². The van der Waals surface area contributed by atoms with Crippen molar-refractivity contribution < 1.29 is 9.59 Å². The van der Waals surface area contributed by atoms with E-state index >= 15 is 0 Å². The van der Waals surface area contributed by atoms with Crippen molar-refractivity contribution in [2.75, 3.05) is 20.1 Å². The quantitative estimate of drug-likeness (QED) is 0.805. The van der Waals surface area contributed by atoms with Crippen molar-refractivity contribution in [3.05, 3.63) is 35.4 Å². The fourth-order valence-electron chi connectivity index (χ4n) is 2.04. The highest BCUT2D eigenvalue weighted by molar-refractivity contribution is 6.00. The molecule has 0 bridgehead atoms. The van der Waals surface area contributed by atoms with E-state index in [1.54, 1.807) is 11.0 Å². The molecule has 5 nitrogen and oxygen atoms in total. The molecule has 5 heteroatoms. The maximum absolute atomic E-state index is 12.1. The van der Waals surface area contributed by atoms with Crippen LogP contribution in [0.5, 0.6) is 0 Å². The molecule has 0 saturated carbocycles. The smallest absolute Gasteiger partial charge is 0.254 e. The molecule has 1 aromatic carbocycles. The van der Waals surface area contributed by atoms with Gasteiger partial charge >= 0.3 is 0 Å². The lowest BCUT2D eigenvalue weighted by Gasteiger charge is -2.16. The summed E-state index contributed by atoms with van der Waals surface area (Å²) < 4.78 is 0. The van der Waals surface area contributed by atoms with Crippen LogP contribution in [-0.4, -0.2) is 42.9 Å². The summed E-state index contributed by atoms with van der Waals surface area (Å²) in [6.07, 6.45) is 0. The Balaban J connectivity index is 1.89. The highest BCUT2D eigenvalue weighted by Crippen LogP contribution is 2.21. The molecule has 0 radical (unpaired) electrons. The molecule has 1 aliphatic heterocycles. The van der Waals surface area contributed by atoms with Gasteiger partial charge in [0.05, 0.1) is 0 Å². The molecule has 2 amide bonds. The Labute approximate surface area is 113 Å². The van der Waals surface area contributed by atoms with Crippen molar-refractivity contribution >= 4 is 11.8 Å². The lowest BCUT2D eigenvalue weighted by atomic mass is 10.1. The number of amides is 2. The van der Waals surface area contributed by atoms with Crippen LogP contribution in [0.4, 0.5) is 0 Å². The summed E-state index contributed by atoms with van der Waals surface area (Å²) in [5.41, 5.74) is 1.70. The van der Waals surface area contributed by atoms with Gasteiger partial charge in [-0.1, -0.05) is 18.2 Å². The molecule has 0 fully saturated rings. The minimum Gasteiger partial charge on any atom is -0.353 e. The zero-order chi connectivity index (χ0) is 13.8. The van der Waals surface area contributed by atoms with Crippen LogP contribution in [-0.2, 0) is 11.3 Å². The molecule has 0 spiro atoms. The predicted molar refractivity (Wildman–Crippen MR) is 72.7 cm³/mol. The first kappa shape index (κ1) is 13.5. The number of nitrogens with one attached hydrogen (secondary N) is 2. The first-order chi connectivity index (χ1) is 9.11. The van der Waals surface area contributed by atoms with Gasteiger partial charge in [0.2, 0.25) is 5.91 Å². The molecule has 1 heterocycles. The van der Waals surface area contributed by atoms with Crippen molar-refractivity contribution in [3.8, 4) is 0 Å². The molecule has 19 heavy (non-hydrogen) atoms. The summed E-state index contributed by atoms with van der Waals surface area (Å²) >= 11 is 0. The van der Waals surface area contributed by atoms with Crippen molar-refractivity contribution in [2.24, 2.45) is 0 Å². The zero-order valence-electron chi connectivity index (χ0n) is 11.3. The second-order valence-electron chi connectivity index (χ2n) is 4.81. The van der Waals surface area contributed by atoms with Crippen molar-refractivity contribution in [1.29, 1.82) is 0 Å². The van der Waals surface area contributed by atoms with Gasteiger partial charge in [0, 0.05) is 24.7 Å². The number of fused-ring (bicyclic) bond motifs is 1. The Hall–Kier alpha value is -1.88. The third-order valence-corrected chi connectivity index (χ3v) is 3.33. The Morgan fingerprint density at radius 2 is 2.16 bits per heavy atom. The average molecular weight is 261 g/mol. The van der Waals surface area contributed by atoms with E-state index in [2.05, 4.69) is 10.6 Å². The molecule has 2 N–H and O–H groups in total. The van der Waals surface area contributed by atoms with E-state index in [9.17, 15) is 9.59 Å². The van der Waals surface area contributed by atoms with Crippen LogP contribution in [0, 0.1) is 0 Å². The summed E-state index contributed by atoms with van der Waals surface area (Å²) in [7, 11) is 1.84. The van der Waals surface area contributed by atoms with E-state index in [0.29, 0.717) is 18.7 Å². The molecule has 2 rings (SSSR count). The van der Waals surface area contributed by atoms with Crippen molar-refractivity contribution in [1.82, 2.24) is 15.5 Å². The first-order valence-corrected chi connectivity index (χ1v) is 6.43. The number of hydrogen-bond acceptors (Lipinski definition) is 3. The monoisotopic (exact) mass is 261 g/mol. The fraction of sp³-hybridized carbons (Fsp3) is 0.429. The van der Waals surface area contributed by atoms with Gasteiger partial charge in [-0.15, -0.1) is 0 Å². The lowest BCUT2D eigenvalue weighted by Crippen LogP contribution is -2.42. The molecule has 0 aliphatic carbocycles. The molecule has 0 aromatic heterocycles. The van der Waals surface area contributed by atoms with Crippen LogP contribution in [0.3, 0.4) is 0 Å². The van der Waals surface area contributed by atoms with E-state index in [1.807, 2.05) is 32.2 Å². The molecule has 1 aromatic rings. The summed E-state index contributed by atoms with van der Waals surface area (Å²) in [6, 6.07) is 7.70. The molecule has 102 valence electrons. The predicted octanol–water partition coefficient (Wildman–Crippen LogP) is 0.367. The van der Waals surface area contributed by atoms with E-state index in [0.717, 1.165) is 5.56 Å². The normalized spacial score (nSPS) is 15.3. The van der Waals surface area contributed by atoms with Gasteiger partial charge in [0.1, 0.15) is 6.54 Å². The Morgan fingerprint density at radius 1 is 1.42 bits per heavy atom. The number of benzene rings is 1. The van der Waals surface area contributed by atoms with Crippen LogP contribution >= 0.6 is 0 Å². The second-order valence-corrected chi connectivity index (χ2v) is 4.81. The van der Waals surface area contributed by atoms with Gasteiger partial charge < -0.3 is 15.5 Å². The van der Waals surface area contributed by atoms with Gasteiger partial charge in [-0.05, 0) is 25.6 Å². The largest absolute Gasteiger partial charge is 0.353 e. The Bertz CT molecular complexity index is 487. The third kappa shape index (κ3) is 3.12. The molecule has 0 saturated heterocycles. The topological polar surface area (TPSA) is 61.4 Å². The minimum atomic E-state index is -0.122. The average Bonchev–Trinajstić information content (AvgIpc) is 2.73.